The maximum Gasteiger partial charge on any atom is 0.310 e. The molecule has 1 saturated heterocycles. The second-order valence-corrected chi connectivity index (χ2v) is 5.62. The van der Waals surface area contributed by atoms with Crippen LogP contribution in [-0.2, 0) is 20.9 Å². The largest absolute Gasteiger partial charge is 0.481 e. The van der Waals surface area contributed by atoms with Gasteiger partial charge in [-0.25, -0.2) is 0 Å². The molecule has 110 valence electrons. The number of ether oxygens (including phenoxy) is 1. The van der Waals surface area contributed by atoms with Crippen molar-refractivity contribution >= 4 is 23.5 Å². The molecule has 0 radical (unpaired) electrons. The van der Waals surface area contributed by atoms with E-state index in [2.05, 4.69) is 5.32 Å². The number of halogens is 1. The van der Waals surface area contributed by atoms with Gasteiger partial charge in [0, 0.05) is 11.6 Å². The molecule has 1 aromatic rings. The molecule has 21 heavy (non-hydrogen) atoms. The van der Waals surface area contributed by atoms with Crippen molar-refractivity contribution in [2.45, 2.75) is 18.8 Å². The highest BCUT2D eigenvalue weighted by Gasteiger charge is 2.53. The highest BCUT2D eigenvalue weighted by molar-refractivity contribution is 6.30. The van der Waals surface area contributed by atoms with Gasteiger partial charge in [-0.15, -0.1) is 0 Å². The highest BCUT2D eigenvalue weighted by Crippen LogP contribution is 2.39. The summed E-state index contributed by atoms with van der Waals surface area (Å²) in [6, 6.07) is 7.15. The number of nitrogens with one attached hydrogen (secondary N) is 1. The summed E-state index contributed by atoms with van der Waals surface area (Å²) in [6.07, 6.45) is 2.52. The van der Waals surface area contributed by atoms with Gasteiger partial charge in [0.05, 0.1) is 18.1 Å². The van der Waals surface area contributed by atoms with Crippen LogP contribution in [0.25, 0.3) is 0 Å². The van der Waals surface area contributed by atoms with Crippen LogP contribution in [-0.4, -0.2) is 29.2 Å². The van der Waals surface area contributed by atoms with Crippen molar-refractivity contribution in [1.82, 2.24) is 5.32 Å². The monoisotopic (exact) mass is 307 g/mol. The number of carboxylic acids is 1. The van der Waals surface area contributed by atoms with Crippen molar-refractivity contribution in [2.24, 2.45) is 11.8 Å². The number of amides is 1. The Balaban J connectivity index is 1.68. The quantitative estimate of drug-likeness (QED) is 0.829. The van der Waals surface area contributed by atoms with Crippen LogP contribution >= 0.6 is 11.6 Å². The molecule has 1 aromatic carbocycles. The molecule has 2 N–H and O–H groups in total. The van der Waals surface area contributed by atoms with Gasteiger partial charge in [-0.1, -0.05) is 35.9 Å². The molecule has 2 bridgehead atoms. The Morgan fingerprint density at radius 1 is 1.24 bits per heavy atom. The summed E-state index contributed by atoms with van der Waals surface area (Å²) >= 11 is 5.88. The summed E-state index contributed by atoms with van der Waals surface area (Å²) in [5, 5.41) is 12.6. The van der Waals surface area contributed by atoms with Gasteiger partial charge in [-0.3, -0.25) is 9.59 Å². The number of aliphatic carboxylic acids is 1. The van der Waals surface area contributed by atoms with Crippen LogP contribution in [0.2, 0.25) is 5.02 Å². The molecule has 2 aliphatic heterocycles. The number of fused-ring (bicyclic) bond motifs is 2. The average molecular weight is 308 g/mol. The number of hydrogen-bond acceptors (Lipinski definition) is 3. The third-order valence-corrected chi connectivity index (χ3v) is 4.08. The predicted molar refractivity (Wildman–Crippen MR) is 75.7 cm³/mol. The molecule has 2 heterocycles. The van der Waals surface area contributed by atoms with Gasteiger partial charge in [0.15, 0.2) is 0 Å². The zero-order valence-electron chi connectivity index (χ0n) is 11.0. The number of carbonyl (C=O) groups is 2. The molecule has 0 saturated carbocycles. The second kappa shape index (κ2) is 5.50. The molecule has 5 nitrogen and oxygen atoms in total. The molecule has 0 spiro atoms. The van der Waals surface area contributed by atoms with Gasteiger partial charge in [0.2, 0.25) is 5.91 Å². The predicted octanol–water partition coefficient (Wildman–Crippen LogP) is 1.61. The molecule has 1 amide bonds. The lowest BCUT2D eigenvalue weighted by Crippen LogP contribution is -2.42. The van der Waals surface area contributed by atoms with Gasteiger partial charge in [-0.05, 0) is 17.7 Å². The smallest absolute Gasteiger partial charge is 0.310 e. The van der Waals surface area contributed by atoms with E-state index in [9.17, 15) is 14.7 Å². The normalized spacial score (nSPS) is 29.6. The van der Waals surface area contributed by atoms with E-state index < -0.39 is 30.0 Å². The fourth-order valence-electron chi connectivity index (χ4n) is 2.87. The van der Waals surface area contributed by atoms with Gasteiger partial charge >= 0.3 is 5.97 Å². The summed E-state index contributed by atoms with van der Waals surface area (Å²) in [6.45, 7) is 0.309. The van der Waals surface area contributed by atoms with E-state index in [0.29, 0.717) is 11.6 Å². The number of benzene rings is 1. The summed E-state index contributed by atoms with van der Waals surface area (Å²) in [5.74, 6) is -2.81. The van der Waals surface area contributed by atoms with Crippen LogP contribution in [0.15, 0.2) is 36.4 Å². The number of hydrogen-bond donors (Lipinski definition) is 2. The number of carbonyl (C=O) groups excluding carboxylic acids is 1. The molecule has 3 rings (SSSR count). The van der Waals surface area contributed by atoms with E-state index in [1.165, 1.54) is 0 Å². The molecular weight excluding hydrogens is 294 g/mol. The molecule has 0 aromatic heterocycles. The van der Waals surface area contributed by atoms with Crippen molar-refractivity contribution in [3.05, 3.63) is 47.0 Å². The van der Waals surface area contributed by atoms with Crippen LogP contribution < -0.4 is 5.32 Å². The van der Waals surface area contributed by atoms with Crippen molar-refractivity contribution in [3.8, 4) is 0 Å². The zero-order chi connectivity index (χ0) is 15.0. The van der Waals surface area contributed by atoms with Gasteiger partial charge in [0.1, 0.15) is 5.92 Å². The molecule has 0 aliphatic carbocycles. The molecule has 6 heteroatoms. The lowest BCUT2D eigenvalue weighted by atomic mass is 9.82. The van der Waals surface area contributed by atoms with Crippen LogP contribution in [0, 0.1) is 11.8 Å². The fourth-order valence-corrected chi connectivity index (χ4v) is 3.08. The standard InChI is InChI=1S/C15H14ClNO4/c16-9-3-1-2-8(6-9)7-17-14(18)12-10-4-5-11(21-10)13(12)15(19)20/h1-6,10-13H,7H2,(H,17,18)(H,19,20)/t10-,11-,12-,13-/m1/s1. The molecule has 2 aliphatic rings. The maximum atomic E-state index is 12.3. The SMILES string of the molecule is O=C(O)[C@H]1[C@H](C(=O)NCc2cccc(Cl)c2)[C@H]2C=C[C@H]1O2. The summed E-state index contributed by atoms with van der Waals surface area (Å²) in [5.41, 5.74) is 0.863. The Labute approximate surface area is 126 Å². The summed E-state index contributed by atoms with van der Waals surface area (Å²) in [7, 11) is 0. The summed E-state index contributed by atoms with van der Waals surface area (Å²) < 4.78 is 5.48. The molecule has 1 fully saturated rings. The van der Waals surface area contributed by atoms with Crippen LogP contribution in [0.3, 0.4) is 0 Å². The minimum Gasteiger partial charge on any atom is -0.481 e. The van der Waals surface area contributed by atoms with Gasteiger partial charge in [-0.2, -0.15) is 0 Å². The number of rotatable bonds is 4. The zero-order valence-corrected chi connectivity index (χ0v) is 11.8. The first-order valence-corrected chi connectivity index (χ1v) is 7.03. The Bertz CT molecular complexity index is 615. The highest BCUT2D eigenvalue weighted by atomic mass is 35.5. The van der Waals surface area contributed by atoms with E-state index in [1.54, 1.807) is 30.4 Å². The first-order chi connectivity index (χ1) is 10.1. The average Bonchev–Trinajstić information content (AvgIpc) is 3.05. The Hall–Kier alpha value is -1.85. The minimum absolute atomic E-state index is 0.306. The Morgan fingerprint density at radius 2 is 1.95 bits per heavy atom. The topological polar surface area (TPSA) is 75.6 Å². The third kappa shape index (κ3) is 2.66. The molecular formula is C15H14ClNO4. The molecule has 4 atom stereocenters. The van der Waals surface area contributed by atoms with Crippen molar-refractivity contribution < 1.29 is 19.4 Å². The van der Waals surface area contributed by atoms with E-state index in [0.717, 1.165) is 5.56 Å². The second-order valence-electron chi connectivity index (χ2n) is 5.19. The van der Waals surface area contributed by atoms with E-state index >= 15 is 0 Å². The minimum atomic E-state index is -1.00. The Morgan fingerprint density at radius 3 is 2.62 bits per heavy atom. The van der Waals surface area contributed by atoms with Gasteiger partial charge in [0.25, 0.3) is 0 Å². The first kappa shape index (κ1) is 14.1. The van der Waals surface area contributed by atoms with Crippen molar-refractivity contribution in [3.63, 3.8) is 0 Å². The number of carboxylic acid groups (broad SMARTS) is 1. The Kier molecular flexibility index (Phi) is 3.69. The lowest BCUT2D eigenvalue weighted by Gasteiger charge is -2.21. The summed E-state index contributed by atoms with van der Waals surface area (Å²) in [4.78, 5) is 23.6. The van der Waals surface area contributed by atoms with Gasteiger partial charge < -0.3 is 15.2 Å². The van der Waals surface area contributed by atoms with Crippen LogP contribution in [0.1, 0.15) is 5.56 Å². The van der Waals surface area contributed by atoms with E-state index in [4.69, 9.17) is 16.3 Å². The van der Waals surface area contributed by atoms with E-state index in [-0.39, 0.29) is 5.91 Å². The van der Waals surface area contributed by atoms with Crippen molar-refractivity contribution in [1.29, 1.82) is 0 Å². The molecule has 0 unspecified atom stereocenters. The third-order valence-electron chi connectivity index (χ3n) is 3.84. The first-order valence-electron chi connectivity index (χ1n) is 6.65. The maximum absolute atomic E-state index is 12.3. The van der Waals surface area contributed by atoms with Crippen LogP contribution in [0.5, 0.6) is 0 Å². The lowest BCUT2D eigenvalue weighted by molar-refractivity contribution is -0.146. The van der Waals surface area contributed by atoms with Crippen LogP contribution in [0.4, 0.5) is 0 Å². The fraction of sp³-hybridized carbons (Fsp3) is 0.333. The van der Waals surface area contributed by atoms with Crippen molar-refractivity contribution in [2.75, 3.05) is 0 Å². The van der Waals surface area contributed by atoms with E-state index in [1.807, 2.05) is 6.07 Å².